The monoisotopic (exact) mass is 355 g/mol. The highest BCUT2D eigenvalue weighted by Crippen LogP contribution is 2.19. The first kappa shape index (κ1) is 17.7. The molecule has 0 saturated heterocycles. The first-order chi connectivity index (χ1) is 12.5. The Hall–Kier alpha value is -3.09. The number of rotatable bonds is 7. The van der Waals surface area contributed by atoms with Crippen molar-refractivity contribution in [2.24, 2.45) is 0 Å². The van der Waals surface area contributed by atoms with E-state index >= 15 is 0 Å². The molecule has 7 heteroatoms. The van der Waals surface area contributed by atoms with Gasteiger partial charge in [0.2, 0.25) is 5.91 Å². The molecule has 0 aliphatic heterocycles. The van der Waals surface area contributed by atoms with Gasteiger partial charge in [0.15, 0.2) is 5.65 Å². The summed E-state index contributed by atoms with van der Waals surface area (Å²) in [5.41, 5.74) is 1.34. The van der Waals surface area contributed by atoms with Gasteiger partial charge in [0.05, 0.1) is 5.69 Å². The van der Waals surface area contributed by atoms with Gasteiger partial charge in [0, 0.05) is 30.3 Å². The maximum atomic E-state index is 12.0. The summed E-state index contributed by atoms with van der Waals surface area (Å²) >= 11 is 0. The second-order valence-electron chi connectivity index (χ2n) is 6.05. The third-order valence-corrected chi connectivity index (χ3v) is 3.79. The maximum absolute atomic E-state index is 12.0. The van der Waals surface area contributed by atoms with E-state index in [1.165, 1.54) is 6.07 Å². The third-order valence-electron chi connectivity index (χ3n) is 3.79. The molecule has 2 aromatic heterocycles. The summed E-state index contributed by atoms with van der Waals surface area (Å²) in [5.74, 6) is 1.18. The number of unbranched alkanes of at least 4 members (excludes halogenated alkanes) is 1. The lowest BCUT2D eigenvalue weighted by molar-refractivity contribution is -0.116. The minimum Gasteiger partial charge on any atom is -0.487 e. The quantitative estimate of drug-likeness (QED) is 0.703. The van der Waals surface area contributed by atoms with Gasteiger partial charge in [-0.25, -0.2) is 4.98 Å². The maximum Gasteiger partial charge on any atom is 0.287 e. The normalized spacial score (nSPS) is 10.8. The summed E-state index contributed by atoms with van der Waals surface area (Å²) in [6, 6.07) is 10.2. The number of carbonyl (C=O) groups is 1. The highest BCUT2D eigenvalue weighted by atomic mass is 16.5. The lowest BCUT2D eigenvalue weighted by Crippen LogP contribution is -2.14. The molecule has 7 nitrogen and oxygen atoms in total. The first-order valence-corrected chi connectivity index (χ1v) is 8.57. The summed E-state index contributed by atoms with van der Waals surface area (Å²) in [4.78, 5) is 28.2. The van der Waals surface area contributed by atoms with Crippen molar-refractivity contribution in [3.63, 3.8) is 0 Å². The SMILES string of the molecule is CCCCC(=O)Nc1cccc(OCc2cc(=O)n3oc(C)cc3n2)c1. The molecule has 0 bridgehead atoms. The van der Waals surface area contributed by atoms with Crippen LogP contribution in [0.25, 0.3) is 5.65 Å². The van der Waals surface area contributed by atoms with E-state index in [9.17, 15) is 9.59 Å². The van der Waals surface area contributed by atoms with Crippen molar-refractivity contribution in [1.82, 2.24) is 9.56 Å². The number of fused-ring (bicyclic) bond motifs is 1. The zero-order valence-electron chi connectivity index (χ0n) is 14.8. The molecule has 1 N–H and O–H groups in total. The Labute approximate surface area is 150 Å². The summed E-state index contributed by atoms with van der Waals surface area (Å²) in [6.45, 7) is 3.94. The van der Waals surface area contributed by atoms with Crippen LogP contribution in [0.2, 0.25) is 0 Å². The lowest BCUT2D eigenvalue weighted by atomic mass is 10.2. The Bertz CT molecular complexity index is 974. The van der Waals surface area contributed by atoms with E-state index in [1.54, 1.807) is 31.2 Å². The van der Waals surface area contributed by atoms with Crippen molar-refractivity contribution >= 4 is 17.2 Å². The number of hydrogen-bond acceptors (Lipinski definition) is 5. The predicted octanol–water partition coefficient (Wildman–Crippen LogP) is 3.30. The van der Waals surface area contributed by atoms with Crippen LogP contribution in [-0.4, -0.2) is 15.5 Å². The van der Waals surface area contributed by atoms with Crippen molar-refractivity contribution in [3.8, 4) is 5.75 Å². The van der Waals surface area contributed by atoms with Gasteiger partial charge in [-0.15, -0.1) is 4.57 Å². The van der Waals surface area contributed by atoms with Crippen molar-refractivity contribution in [1.29, 1.82) is 0 Å². The molecule has 0 spiro atoms. The molecule has 0 radical (unpaired) electrons. The lowest BCUT2D eigenvalue weighted by Gasteiger charge is -2.09. The summed E-state index contributed by atoms with van der Waals surface area (Å²) < 4.78 is 12.1. The Morgan fingerprint density at radius 1 is 1.31 bits per heavy atom. The van der Waals surface area contributed by atoms with Gasteiger partial charge in [-0.05, 0) is 25.5 Å². The third kappa shape index (κ3) is 4.30. The number of nitrogens with zero attached hydrogens (tertiary/aromatic N) is 2. The van der Waals surface area contributed by atoms with Crippen LogP contribution >= 0.6 is 0 Å². The second-order valence-corrected chi connectivity index (χ2v) is 6.05. The average molecular weight is 355 g/mol. The molecule has 136 valence electrons. The smallest absolute Gasteiger partial charge is 0.287 e. The van der Waals surface area contributed by atoms with Gasteiger partial charge in [0.25, 0.3) is 5.56 Å². The zero-order chi connectivity index (χ0) is 18.5. The fourth-order valence-corrected chi connectivity index (χ4v) is 2.53. The van der Waals surface area contributed by atoms with Crippen LogP contribution in [0, 0.1) is 6.92 Å². The Kier molecular flexibility index (Phi) is 5.36. The number of ether oxygens (including phenoxy) is 1. The molecule has 2 heterocycles. The number of benzene rings is 1. The molecular weight excluding hydrogens is 334 g/mol. The van der Waals surface area contributed by atoms with Gasteiger partial charge in [-0.1, -0.05) is 19.4 Å². The first-order valence-electron chi connectivity index (χ1n) is 8.57. The van der Waals surface area contributed by atoms with E-state index < -0.39 is 0 Å². The van der Waals surface area contributed by atoms with Crippen LogP contribution in [0.4, 0.5) is 5.69 Å². The molecule has 26 heavy (non-hydrogen) atoms. The van der Waals surface area contributed by atoms with Crippen molar-refractivity contribution in [2.45, 2.75) is 39.7 Å². The number of aromatic nitrogens is 2. The van der Waals surface area contributed by atoms with Gasteiger partial charge in [0.1, 0.15) is 18.1 Å². The van der Waals surface area contributed by atoms with Crippen LogP contribution in [0.5, 0.6) is 5.75 Å². The Morgan fingerprint density at radius 3 is 2.96 bits per heavy atom. The Balaban J connectivity index is 1.67. The standard InChI is InChI=1S/C19H21N3O4/c1-3-4-8-18(23)21-14-6-5-7-16(10-14)25-12-15-11-19(24)22-17(20-15)9-13(2)26-22/h5-7,9-11H,3-4,8,12H2,1-2H3,(H,21,23). The number of amides is 1. The topological polar surface area (TPSA) is 85.8 Å². The predicted molar refractivity (Wildman–Crippen MR) is 97.4 cm³/mol. The van der Waals surface area contributed by atoms with Crippen LogP contribution in [0.1, 0.15) is 37.6 Å². The molecule has 0 fully saturated rings. The van der Waals surface area contributed by atoms with E-state index in [0.29, 0.717) is 35.0 Å². The molecule has 0 atom stereocenters. The summed E-state index contributed by atoms with van der Waals surface area (Å²) in [6.07, 6.45) is 2.34. The van der Waals surface area contributed by atoms with Gasteiger partial charge < -0.3 is 14.6 Å². The molecule has 0 saturated carbocycles. The molecule has 3 rings (SSSR count). The summed E-state index contributed by atoms with van der Waals surface area (Å²) in [5, 5.41) is 2.85. The van der Waals surface area contributed by atoms with E-state index in [2.05, 4.69) is 10.3 Å². The number of carbonyl (C=O) groups excluding carboxylic acids is 1. The van der Waals surface area contributed by atoms with Crippen molar-refractivity contribution < 1.29 is 14.1 Å². The van der Waals surface area contributed by atoms with Crippen LogP contribution in [0.3, 0.4) is 0 Å². The summed E-state index contributed by atoms with van der Waals surface area (Å²) in [7, 11) is 0. The van der Waals surface area contributed by atoms with Gasteiger partial charge >= 0.3 is 0 Å². The van der Waals surface area contributed by atoms with Crippen LogP contribution in [0.15, 0.2) is 45.7 Å². The number of hydrogen-bond donors (Lipinski definition) is 1. The number of anilines is 1. The zero-order valence-corrected chi connectivity index (χ0v) is 14.8. The van der Waals surface area contributed by atoms with Gasteiger partial charge in [-0.2, -0.15) is 0 Å². The highest BCUT2D eigenvalue weighted by Gasteiger charge is 2.08. The molecule has 1 amide bonds. The number of nitrogens with one attached hydrogen (secondary N) is 1. The number of aryl methyl sites for hydroxylation is 1. The molecule has 1 aromatic carbocycles. The van der Waals surface area contributed by atoms with E-state index in [1.807, 2.05) is 13.0 Å². The van der Waals surface area contributed by atoms with Gasteiger partial charge in [-0.3, -0.25) is 9.59 Å². The molecule has 0 aliphatic carbocycles. The van der Waals surface area contributed by atoms with E-state index in [-0.39, 0.29) is 18.1 Å². The fraction of sp³-hybridized carbons (Fsp3) is 0.316. The van der Waals surface area contributed by atoms with E-state index in [4.69, 9.17) is 9.26 Å². The molecule has 0 aliphatic rings. The second kappa shape index (κ2) is 7.86. The minimum absolute atomic E-state index is 0.0144. The highest BCUT2D eigenvalue weighted by molar-refractivity contribution is 5.90. The van der Waals surface area contributed by atoms with Crippen molar-refractivity contribution in [2.75, 3.05) is 5.32 Å². The fourth-order valence-electron chi connectivity index (χ4n) is 2.53. The molecule has 0 unspecified atom stereocenters. The van der Waals surface area contributed by atoms with Crippen molar-refractivity contribution in [3.05, 3.63) is 58.2 Å². The van der Waals surface area contributed by atoms with E-state index in [0.717, 1.165) is 17.4 Å². The molecule has 3 aromatic rings. The average Bonchev–Trinajstić information content (AvgIpc) is 2.99. The minimum atomic E-state index is -0.293. The largest absolute Gasteiger partial charge is 0.487 e. The molecular formula is C19H21N3O4. The van der Waals surface area contributed by atoms with Crippen LogP contribution < -0.4 is 15.6 Å². The van der Waals surface area contributed by atoms with Crippen LogP contribution in [-0.2, 0) is 11.4 Å². The Morgan fingerprint density at radius 2 is 2.15 bits per heavy atom.